The number of carbonyl (C=O) groups excluding carboxylic acids is 1. The fourth-order valence-corrected chi connectivity index (χ4v) is 3.77. The lowest BCUT2D eigenvalue weighted by Gasteiger charge is -2.17. The van der Waals surface area contributed by atoms with E-state index in [1.54, 1.807) is 11.7 Å². The van der Waals surface area contributed by atoms with Gasteiger partial charge >= 0.3 is 0 Å². The summed E-state index contributed by atoms with van der Waals surface area (Å²) in [7, 11) is 1.59. The van der Waals surface area contributed by atoms with Gasteiger partial charge in [0.1, 0.15) is 11.6 Å². The van der Waals surface area contributed by atoms with Crippen LogP contribution in [0.1, 0.15) is 37.3 Å². The highest BCUT2D eigenvalue weighted by Gasteiger charge is 2.22. The van der Waals surface area contributed by atoms with E-state index in [0.717, 1.165) is 18.9 Å². The maximum absolute atomic E-state index is 13.7. The van der Waals surface area contributed by atoms with Crippen LogP contribution in [0.15, 0.2) is 23.4 Å². The molecule has 0 spiro atoms. The molecule has 0 unspecified atom stereocenters. The largest absolute Gasteiger partial charge is 0.341 e. The lowest BCUT2D eigenvalue weighted by atomic mass is 10.2. The molecular formula is C16H19F2N5OS. The van der Waals surface area contributed by atoms with Crippen molar-refractivity contribution >= 4 is 17.7 Å². The quantitative estimate of drug-likeness (QED) is 0.735. The van der Waals surface area contributed by atoms with Crippen molar-refractivity contribution in [1.82, 2.24) is 25.1 Å². The average molecular weight is 367 g/mol. The molecule has 1 amide bonds. The number of amides is 1. The molecule has 1 aliphatic rings. The maximum atomic E-state index is 13.7. The first-order valence-electron chi connectivity index (χ1n) is 8.13. The Kier molecular flexibility index (Phi) is 5.62. The summed E-state index contributed by atoms with van der Waals surface area (Å²) in [5.74, 6) is -1.30. The molecule has 0 aliphatic heterocycles. The van der Waals surface area contributed by atoms with E-state index in [4.69, 9.17) is 0 Å². The zero-order valence-electron chi connectivity index (χ0n) is 13.9. The van der Waals surface area contributed by atoms with Crippen molar-refractivity contribution in [1.29, 1.82) is 0 Å². The van der Waals surface area contributed by atoms with Crippen LogP contribution < -0.4 is 0 Å². The normalized spacial score (nSPS) is 14.8. The van der Waals surface area contributed by atoms with Crippen molar-refractivity contribution in [2.24, 2.45) is 0 Å². The Balaban J connectivity index is 1.56. The fourth-order valence-electron chi connectivity index (χ4n) is 2.89. The van der Waals surface area contributed by atoms with Gasteiger partial charge in [-0.2, -0.15) is 0 Å². The Bertz CT molecular complexity index is 748. The molecule has 0 bridgehead atoms. The van der Waals surface area contributed by atoms with Crippen LogP contribution in [0.4, 0.5) is 8.78 Å². The highest BCUT2D eigenvalue weighted by atomic mass is 32.2. The molecule has 9 heteroatoms. The minimum Gasteiger partial charge on any atom is -0.341 e. The van der Waals surface area contributed by atoms with Gasteiger partial charge in [0.05, 0.1) is 11.8 Å². The SMILES string of the molecule is CN(Cc1ccc(F)cc1F)C(=O)CSc1nnnn1C1CCCC1. The average Bonchev–Trinajstić information content (AvgIpc) is 3.25. The number of hydrogen-bond acceptors (Lipinski definition) is 5. The van der Waals surface area contributed by atoms with Crippen molar-refractivity contribution in [3.8, 4) is 0 Å². The molecule has 0 N–H and O–H groups in total. The van der Waals surface area contributed by atoms with Crippen LogP contribution >= 0.6 is 11.8 Å². The summed E-state index contributed by atoms with van der Waals surface area (Å²) in [6, 6.07) is 3.65. The minimum absolute atomic E-state index is 0.0824. The molecule has 1 heterocycles. The zero-order valence-corrected chi connectivity index (χ0v) is 14.7. The van der Waals surface area contributed by atoms with Gasteiger partial charge in [-0.3, -0.25) is 4.79 Å². The summed E-state index contributed by atoms with van der Waals surface area (Å²) in [6.45, 7) is 0.0824. The first-order valence-corrected chi connectivity index (χ1v) is 9.11. The first kappa shape index (κ1) is 17.8. The van der Waals surface area contributed by atoms with E-state index in [0.29, 0.717) is 11.2 Å². The third-order valence-corrected chi connectivity index (χ3v) is 5.22. The summed E-state index contributed by atoms with van der Waals surface area (Å²) in [6.07, 6.45) is 4.44. The monoisotopic (exact) mass is 367 g/mol. The second kappa shape index (κ2) is 7.90. The van der Waals surface area contributed by atoms with E-state index in [-0.39, 0.29) is 23.8 Å². The second-order valence-corrected chi connectivity index (χ2v) is 7.06. The molecule has 1 aromatic carbocycles. The van der Waals surface area contributed by atoms with E-state index < -0.39 is 11.6 Å². The number of tetrazole rings is 1. The van der Waals surface area contributed by atoms with Crippen molar-refractivity contribution in [2.75, 3.05) is 12.8 Å². The van der Waals surface area contributed by atoms with Crippen LogP contribution in [0.3, 0.4) is 0 Å². The van der Waals surface area contributed by atoms with Gasteiger partial charge in [0.2, 0.25) is 11.1 Å². The number of benzene rings is 1. The van der Waals surface area contributed by atoms with Gasteiger partial charge in [-0.05, 0) is 29.3 Å². The smallest absolute Gasteiger partial charge is 0.233 e. The molecule has 2 aromatic rings. The van der Waals surface area contributed by atoms with Crippen LogP contribution in [-0.2, 0) is 11.3 Å². The number of thioether (sulfide) groups is 1. The fraction of sp³-hybridized carbons (Fsp3) is 0.500. The summed E-state index contributed by atoms with van der Waals surface area (Å²) < 4.78 is 28.4. The molecule has 25 heavy (non-hydrogen) atoms. The molecule has 0 saturated heterocycles. The van der Waals surface area contributed by atoms with Crippen LogP contribution in [0.2, 0.25) is 0 Å². The van der Waals surface area contributed by atoms with Gasteiger partial charge in [0.25, 0.3) is 0 Å². The predicted molar refractivity (Wildman–Crippen MR) is 88.9 cm³/mol. The van der Waals surface area contributed by atoms with E-state index in [1.165, 1.54) is 41.6 Å². The van der Waals surface area contributed by atoms with Gasteiger partial charge in [-0.1, -0.05) is 30.7 Å². The molecule has 0 radical (unpaired) electrons. The van der Waals surface area contributed by atoms with Crippen LogP contribution in [0.5, 0.6) is 0 Å². The third-order valence-electron chi connectivity index (χ3n) is 4.31. The van der Waals surface area contributed by atoms with Gasteiger partial charge in [0, 0.05) is 25.2 Å². The third kappa shape index (κ3) is 4.33. The van der Waals surface area contributed by atoms with Crippen molar-refractivity contribution < 1.29 is 13.6 Å². The predicted octanol–water partition coefficient (Wildman–Crippen LogP) is 2.82. The zero-order chi connectivity index (χ0) is 17.8. The molecule has 3 rings (SSSR count). The van der Waals surface area contributed by atoms with E-state index in [2.05, 4.69) is 15.5 Å². The molecule has 1 aliphatic carbocycles. The maximum Gasteiger partial charge on any atom is 0.233 e. The van der Waals surface area contributed by atoms with E-state index >= 15 is 0 Å². The number of aromatic nitrogens is 4. The Morgan fingerprint density at radius 3 is 2.84 bits per heavy atom. The summed E-state index contributed by atoms with van der Waals surface area (Å²) in [5, 5.41) is 12.4. The van der Waals surface area contributed by atoms with Gasteiger partial charge in [-0.25, -0.2) is 13.5 Å². The van der Waals surface area contributed by atoms with Gasteiger partial charge in [-0.15, -0.1) is 5.10 Å². The van der Waals surface area contributed by atoms with Gasteiger partial charge < -0.3 is 4.90 Å². The number of carbonyl (C=O) groups is 1. The molecule has 6 nitrogen and oxygen atoms in total. The van der Waals surface area contributed by atoms with E-state index in [1.807, 2.05) is 0 Å². The molecule has 1 fully saturated rings. The van der Waals surface area contributed by atoms with Crippen molar-refractivity contribution in [3.05, 3.63) is 35.4 Å². The molecular weight excluding hydrogens is 348 g/mol. The Hall–Kier alpha value is -2.03. The Morgan fingerprint density at radius 2 is 2.12 bits per heavy atom. The summed E-state index contributed by atoms with van der Waals surface area (Å²) >= 11 is 1.28. The van der Waals surface area contributed by atoms with Crippen LogP contribution in [0.25, 0.3) is 0 Å². The Labute approximate surface area is 148 Å². The molecule has 0 atom stereocenters. The molecule has 1 aromatic heterocycles. The van der Waals surface area contributed by atoms with Crippen molar-refractivity contribution in [3.63, 3.8) is 0 Å². The first-order chi connectivity index (χ1) is 12.0. The lowest BCUT2D eigenvalue weighted by molar-refractivity contribution is -0.127. The number of rotatable bonds is 6. The standard InChI is InChI=1S/C16H19F2N5OS/c1-22(9-11-6-7-12(17)8-14(11)18)15(24)10-25-16-19-20-21-23(16)13-4-2-3-5-13/h6-8,13H,2-5,9-10H2,1H3. The highest BCUT2D eigenvalue weighted by molar-refractivity contribution is 7.99. The summed E-state index contributed by atoms with van der Waals surface area (Å²) in [4.78, 5) is 13.7. The topological polar surface area (TPSA) is 63.9 Å². The molecule has 1 saturated carbocycles. The van der Waals surface area contributed by atoms with Gasteiger partial charge in [0.15, 0.2) is 0 Å². The van der Waals surface area contributed by atoms with Crippen LogP contribution in [0, 0.1) is 11.6 Å². The Morgan fingerprint density at radius 1 is 1.36 bits per heavy atom. The van der Waals surface area contributed by atoms with Crippen molar-refractivity contribution in [2.45, 2.75) is 43.4 Å². The second-order valence-electron chi connectivity index (χ2n) is 6.12. The highest BCUT2D eigenvalue weighted by Crippen LogP contribution is 2.31. The number of nitrogens with zero attached hydrogens (tertiary/aromatic N) is 5. The van der Waals surface area contributed by atoms with Crippen LogP contribution in [-0.4, -0.2) is 43.8 Å². The number of hydrogen-bond donors (Lipinski definition) is 0. The van der Waals surface area contributed by atoms with E-state index in [9.17, 15) is 13.6 Å². The minimum atomic E-state index is -0.655. The summed E-state index contributed by atoms with van der Waals surface area (Å²) in [5.41, 5.74) is 0.276. The number of halogens is 2. The lowest BCUT2D eigenvalue weighted by Crippen LogP contribution is -2.28. The molecule has 134 valence electrons.